The number of rotatable bonds is 3. The first-order valence-electron chi connectivity index (χ1n) is 6.11. The van der Waals surface area contributed by atoms with E-state index in [4.69, 9.17) is 4.74 Å². The summed E-state index contributed by atoms with van der Waals surface area (Å²) in [5.41, 5.74) is 0.418. The number of benzene rings is 1. The summed E-state index contributed by atoms with van der Waals surface area (Å²) in [4.78, 5) is 11.6. The molecule has 18 heavy (non-hydrogen) atoms. The molecule has 0 fully saturated rings. The molecule has 0 saturated carbocycles. The molecule has 0 radical (unpaired) electrons. The number of hydrogen-bond donors (Lipinski definition) is 1. The fraction of sp³-hybridized carbons (Fsp3) is 0.500. The Morgan fingerprint density at radius 3 is 2.39 bits per heavy atom. The molecule has 0 aliphatic rings. The number of hydroxylamine groups is 2. The van der Waals surface area contributed by atoms with Crippen LogP contribution in [0.4, 0.5) is 4.79 Å². The molecule has 4 heteroatoms. The molecule has 2 unspecified atom stereocenters. The summed E-state index contributed by atoms with van der Waals surface area (Å²) in [7, 11) is 0. The van der Waals surface area contributed by atoms with Crippen LogP contribution >= 0.6 is 0 Å². The minimum Gasteiger partial charge on any atom is -0.624 e. The van der Waals surface area contributed by atoms with Gasteiger partial charge in [0.05, 0.1) is 6.04 Å². The fourth-order valence-electron chi connectivity index (χ4n) is 1.59. The Bertz CT molecular complexity index is 384. The number of alkyl carbamates (subject to hydrolysis) is 1. The van der Waals surface area contributed by atoms with E-state index in [1.54, 1.807) is 27.7 Å². The first kappa shape index (κ1) is 14.7. The lowest BCUT2D eigenvalue weighted by molar-refractivity contribution is -0.797. The van der Waals surface area contributed by atoms with E-state index in [0.717, 1.165) is 5.56 Å². The Hall–Kier alpha value is -1.39. The van der Waals surface area contributed by atoms with Crippen molar-refractivity contribution in [1.82, 2.24) is 0 Å². The van der Waals surface area contributed by atoms with Gasteiger partial charge in [-0.3, -0.25) is 5.06 Å². The van der Waals surface area contributed by atoms with Crippen LogP contribution in [0.2, 0.25) is 0 Å². The minimum absolute atomic E-state index is 0.359. The SMILES string of the molecule is CC(Cc1ccccc1)[NH+]([O-])C(=O)OC(C)(C)C. The van der Waals surface area contributed by atoms with Crippen LogP contribution in [-0.4, -0.2) is 17.7 Å². The molecule has 4 nitrogen and oxygen atoms in total. The third-order valence-corrected chi connectivity index (χ3v) is 2.43. The van der Waals surface area contributed by atoms with Gasteiger partial charge in [-0.05, 0) is 33.3 Å². The van der Waals surface area contributed by atoms with Gasteiger partial charge in [0.25, 0.3) is 0 Å². The largest absolute Gasteiger partial charge is 0.624 e. The van der Waals surface area contributed by atoms with E-state index < -0.39 is 16.8 Å². The number of carbonyl (C=O) groups excluding carboxylic acids is 1. The summed E-state index contributed by atoms with van der Waals surface area (Å²) in [5.74, 6) is 0. The van der Waals surface area contributed by atoms with Crippen molar-refractivity contribution >= 4 is 6.09 Å². The Morgan fingerprint density at radius 1 is 1.33 bits per heavy atom. The van der Waals surface area contributed by atoms with Crippen LogP contribution in [0.15, 0.2) is 30.3 Å². The smallest absolute Gasteiger partial charge is 0.515 e. The van der Waals surface area contributed by atoms with Crippen molar-refractivity contribution < 1.29 is 14.6 Å². The zero-order valence-electron chi connectivity index (χ0n) is 11.4. The molecule has 1 N–H and O–H groups in total. The minimum atomic E-state index is -0.745. The molecule has 1 rings (SSSR count). The lowest BCUT2D eigenvalue weighted by atomic mass is 10.1. The molecule has 0 heterocycles. The van der Waals surface area contributed by atoms with Crippen LogP contribution in [0.1, 0.15) is 33.3 Å². The fourth-order valence-corrected chi connectivity index (χ4v) is 1.59. The third kappa shape index (κ3) is 4.85. The van der Waals surface area contributed by atoms with Crippen molar-refractivity contribution in [2.45, 2.75) is 45.8 Å². The van der Waals surface area contributed by atoms with Crippen LogP contribution in [0, 0.1) is 5.21 Å². The summed E-state index contributed by atoms with van der Waals surface area (Å²) in [6.45, 7) is 7.00. The average molecular weight is 251 g/mol. The zero-order valence-corrected chi connectivity index (χ0v) is 11.4. The van der Waals surface area contributed by atoms with E-state index in [1.807, 2.05) is 30.3 Å². The number of nitrogens with one attached hydrogen (secondary N) is 1. The molecule has 1 amide bonds. The van der Waals surface area contributed by atoms with Crippen molar-refractivity contribution in [3.05, 3.63) is 41.1 Å². The summed E-state index contributed by atoms with van der Waals surface area (Å²) < 4.78 is 5.07. The maximum Gasteiger partial charge on any atom is 0.515 e. The standard InChI is InChI=1S/C14H21NO3/c1-11(10-12-8-6-5-7-9-12)15(17)13(16)18-14(2,3)4/h5-9,11,15H,10H2,1-4H3. The molecule has 2 atom stereocenters. The first-order chi connectivity index (χ1) is 8.29. The lowest BCUT2D eigenvalue weighted by Crippen LogP contribution is -3.14. The van der Waals surface area contributed by atoms with E-state index in [0.29, 0.717) is 6.42 Å². The monoisotopic (exact) mass is 251 g/mol. The quantitative estimate of drug-likeness (QED) is 0.835. The molecule has 1 aromatic carbocycles. The molecule has 0 aliphatic heterocycles. The van der Waals surface area contributed by atoms with E-state index in [9.17, 15) is 10.0 Å². The van der Waals surface area contributed by atoms with Gasteiger partial charge in [-0.2, -0.15) is 4.79 Å². The maximum absolute atomic E-state index is 11.9. The van der Waals surface area contributed by atoms with Crippen LogP contribution in [0.5, 0.6) is 0 Å². The molecule has 0 aliphatic carbocycles. The molecule has 0 aromatic heterocycles. The number of quaternary nitrogens is 1. The first-order valence-corrected chi connectivity index (χ1v) is 6.11. The van der Waals surface area contributed by atoms with Gasteiger partial charge in [0.1, 0.15) is 5.60 Å². The molecular weight excluding hydrogens is 230 g/mol. The van der Waals surface area contributed by atoms with Gasteiger partial charge in [-0.1, -0.05) is 30.3 Å². The van der Waals surface area contributed by atoms with E-state index >= 15 is 0 Å². The molecule has 0 spiro atoms. The van der Waals surface area contributed by atoms with Crippen molar-refractivity contribution in [3.8, 4) is 0 Å². The summed E-state index contributed by atoms with van der Waals surface area (Å²) >= 11 is 0. The van der Waals surface area contributed by atoms with E-state index in [2.05, 4.69) is 0 Å². The van der Waals surface area contributed by atoms with Gasteiger partial charge < -0.3 is 9.94 Å². The Kier molecular flexibility index (Phi) is 4.87. The highest BCUT2D eigenvalue weighted by atomic mass is 16.6. The van der Waals surface area contributed by atoms with E-state index in [1.165, 1.54) is 0 Å². The van der Waals surface area contributed by atoms with Gasteiger partial charge in [-0.15, -0.1) is 0 Å². The second-order valence-electron chi connectivity index (χ2n) is 5.46. The highest BCUT2D eigenvalue weighted by Gasteiger charge is 2.25. The number of ether oxygens (including phenoxy) is 1. The lowest BCUT2D eigenvalue weighted by Gasteiger charge is -2.28. The maximum atomic E-state index is 11.9. The number of hydrogen-bond acceptors (Lipinski definition) is 3. The third-order valence-electron chi connectivity index (χ3n) is 2.43. The Labute approximate surface area is 108 Å². The van der Waals surface area contributed by atoms with Crippen LogP contribution in [0.3, 0.4) is 0 Å². The van der Waals surface area contributed by atoms with Crippen LogP contribution in [0.25, 0.3) is 0 Å². The summed E-state index contributed by atoms with van der Waals surface area (Å²) in [6.07, 6.45) is -0.190. The molecule has 1 aromatic rings. The Morgan fingerprint density at radius 2 is 1.89 bits per heavy atom. The Balaban J connectivity index is 2.56. The number of carbonyl (C=O) groups is 1. The molecular formula is C14H21NO3. The van der Waals surface area contributed by atoms with Crippen molar-refractivity contribution in [3.63, 3.8) is 0 Å². The molecule has 0 saturated heterocycles. The van der Waals surface area contributed by atoms with Gasteiger partial charge >= 0.3 is 6.09 Å². The second-order valence-corrected chi connectivity index (χ2v) is 5.46. The predicted molar refractivity (Wildman–Crippen MR) is 70.2 cm³/mol. The van der Waals surface area contributed by atoms with Crippen LogP contribution < -0.4 is 5.06 Å². The van der Waals surface area contributed by atoms with Crippen molar-refractivity contribution in [2.24, 2.45) is 0 Å². The highest BCUT2D eigenvalue weighted by molar-refractivity contribution is 5.57. The van der Waals surface area contributed by atoms with Crippen molar-refractivity contribution in [2.75, 3.05) is 0 Å². The predicted octanol–water partition coefficient (Wildman–Crippen LogP) is 1.94. The number of amides is 1. The van der Waals surface area contributed by atoms with E-state index in [-0.39, 0.29) is 6.04 Å². The van der Waals surface area contributed by atoms with Gasteiger partial charge in [0.15, 0.2) is 0 Å². The summed E-state index contributed by atoms with van der Waals surface area (Å²) in [5, 5.41) is 11.4. The van der Waals surface area contributed by atoms with Crippen molar-refractivity contribution in [1.29, 1.82) is 0 Å². The summed E-state index contributed by atoms with van der Waals surface area (Å²) in [6, 6.07) is 9.28. The topological polar surface area (TPSA) is 53.8 Å². The van der Waals surface area contributed by atoms with Gasteiger partial charge in [0.2, 0.25) is 0 Å². The van der Waals surface area contributed by atoms with Gasteiger partial charge in [0, 0.05) is 6.42 Å². The zero-order chi connectivity index (χ0) is 13.8. The normalized spacial score (nSPS) is 14.9. The molecule has 0 bridgehead atoms. The van der Waals surface area contributed by atoms with Gasteiger partial charge in [-0.25, -0.2) is 0 Å². The van der Waals surface area contributed by atoms with Crippen LogP contribution in [-0.2, 0) is 11.2 Å². The average Bonchev–Trinajstić information content (AvgIpc) is 2.27. The second kappa shape index (κ2) is 5.98. The highest BCUT2D eigenvalue weighted by Crippen LogP contribution is 2.06. The molecule has 100 valence electrons.